The summed E-state index contributed by atoms with van der Waals surface area (Å²) in [6.45, 7) is 4.62. The maximum absolute atomic E-state index is 5.80. The lowest BCUT2D eigenvalue weighted by Crippen LogP contribution is -2.08. The minimum atomic E-state index is 0.234. The van der Waals surface area contributed by atoms with Crippen LogP contribution in [0.1, 0.15) is 21.4 Å². The van der Waals surface area contributed by atoms with Crippen molar-refractivity contribution in [2.75, 3.05) is 6.54 Å². The number of hydrogen-bond donors (Lipinski definition) is 1. The first-order valence-electron chi connectivity index (χ1n) is 5.03. The summed E-state index contributed by atoms with van der Waals surface area (Å²) >= 11 is 3.33. The molecular weight excluding hydrogens is 240 g/mol. The fraction of sp³-hybridized carbons (Fsp3) is 0.364. The number of nitrogens with zero attached hydrogens (tertiary/aromatic N) is 1. The minimum Gasteiger partial charge on any atom is -0.440 e. The minimum absolute atomic E-state index is 0.234. The molecule has 1 atom stereocenters. The standard InChI is InChI=1S/C11H14N2OS2/c1-7-3-4-15-10(7)9(5-12)16-11-13-8(2)6-14-11/h3-4,6,9H,5,12H2,1-2H3. The van der Waals surface area contributed by atoms with Gasteiger partial charge in [-0.15, -0.1) is 11.3 Å². The van der Waals surface area contributed by atoms with Crippen molar-refractivity contribution in [1.29, 1.82) is 0 Å². The Hall–Kier alpha value is -0.780. The van der Waals surface area contributed by atoms with Crippen LogP contribution < -0.4 is 5.73 Å². The summed E-state index contributed by atoms with van der Waals surface area (Å²) < 4.78 is 5.34. The van der Waals surface area contributed by atoms with Gasteiger partial charge in [-0.1, -0.05) is 11.8 Å². The molecule has 0 aliphatic rings. The highest BCUT2D eigenvalue weighted by Crippen LogP contribution is 2.37. The van der Waals surface area contributed by atoms with Crippen LogP contribution in [0.3, 0.4) is 0 Å². The summed E-state index contributed by atoms with van der Waals surface area (Å²) in [5.41, 5.74) is 8.00. The molecule has 0 bridgehead atoms. The van der Waals surface area contributed by atoms with Crippen LogP contribution in [0.2, 0.25) is 0 Å². The topological polar surface area (TPSA) is 52.0 Å². The fourth-order valence-corrected chi connectivity index (χ4v) is 3.60. The molecule has 0 saturated heterocycles. The third-order valence-electron chi connectivity index (χ3n) is 2.25. The van der Waals surface area contributed by atoms with Crippen LogP contribution in [0.5, 0.6) is 0 Å². The lowest BCUT2D eigenvalue weighted by atomic mass is 10.2. The molecule has 0 spiro atoms. The van der Waals surface area contributed by atoms with E-state index < -0.39 is 0 Å². The van der Waals surface area contributed by atoms with Crippen molar-refractivity contribution in [1.82, 2.24) is 4.98 Å². The van der Waals surface area contributed by atoms with E-state index in [0.717, 1.165) is 5.69 Å². The normalized spacial score (nSPS) is 12.9. The molecule has 2 aromatic heterocycles. The largest absolute Gasteiger partial charge is 0.440 e. The van der Waals surface area contributed by atoms with Gasteiger partial charge in [0.05, 0.1) is 10.9 Å². The highest BCUT2D eigenvalue weighted by atomic mass is 32.2. The van der Waals surface area contributed by atoms with Gasteiger partial charge in [-0.25, -0.2) is 4.98 Å². The molecule has 1 unspecified atom stereocenters. The maximum Gasteiger partial charge on any atom is 0.256 e. The van der Waals surface area contributed by atoms with Crippen molar-refractivity contribution in [2.24, 2.45) is 5.73 Å². The van der Waals surface area contributed by atoms with E-state index in [1.165, 1.54) is 10.4 Å². The molecule has 5 heteroatoms. The zero-order valence-corrected chi connectivity index (χ0v) is 10.9. The second-order valence-corrected chi connectivity index (χ2v) is 5.67. The lowest BCUT2D eigenvalue weighted by Gasteiger charge is -2.11. The van der Waals surface area contributed by atoms with Gasteiger partial charge in [-0.2, -0.15) is 0 Å². The highest BCUT2D eigenvalue weighted by molar-refractivity contribution is 7.99. The monoisotopic (exact) mass is 254 g/mol. The Bertz CT molecular complexity index is 464. The summed E-state index contributed by atoms with van der Waals surface area (Å²) in [5, 5.41) is 3.02. The number of aromatic nitrogens is 1. The van der Waals surface area contributed by atoms with E-state index in [2.05, 4.69) is 23.4 Å². The Kier molecular flexibility index (Phi) is 3.68. The molecule has 0 aromatic carbocycles. The molecule has 2 aromatic rings. The first-order valence-corrected chi connectivity index (χ1v) is 6.79. The summed E-state index contributed by atoms with van der Waals surface area (Å²) in [5.74, 6) is 0. The average Bonchev–Trinajstić information content (AvgIpc) is 2.84. The predicted molar refractivity (Wildman–Crippen MR) is 67.9 cm³/mol. The molecule has 0 fully saturated rings. The predicted octanol–water partition coefficient (Wildman–Crippen LogP) is 3.15. The molecule has 0 saturated carbocycles. The van der Waals surface area contributed by atoms with E-state index in [9.17, 15) is 0 Å². The van der Waals surface area contributed by atoms with Crippen LogP contribution >= 0.6 is 23.1 Å². The van der Waals surface area contributed by atoms with E-state index in [1.807, 2.05) is 6.92 Å². The number of aryl methyl sites for hydroxylation is 2. The van der Waals surface area contributed by atoms with Crippen molar-refractivity contribution < 1.29 is 4.42 Å². The van der Waals surface area contributed by atoms with E-state index >= 15 is 0 Å². The van der Waals surface area contributed by atoms with Gasteiger partial charge < -0.3 is 10.2 Å². The highest BCUT2D eigenvalue weighted by Gasteiger charge is 2.17. The van der Waals surface area contributed by atoms with Crippen LogP contribution in [0, 0.1) is 13.8 Å². The smallest absolute Gasteiger partial charge is 0.256 e. The van der Waals surface area contributed by atoms with Crippen LogP contribution in [0.25, 0.3) is 0 Å². The van der Waals surface area contributed by atoms with Crippen LogP contribution in [0.15, 0.2) is 27.3 Å². The maximum atomic E-state index is 5.80. The Balaban J connectivity index is 2.15. The Morgan fingerprint density at radius 1 is 1.56 bits per heavy atom. The van der Waals surface area contributed by atoms with Crippen molar-refractivity contribution in [3.8, 4) is 0 Å². The summed E-state index contributed by atoms with van der Waals surface area (Å²) in [4.78, 5) is 5.59. The molecule has 2 rings (SSSR count). The van der Waals surface area contributed by atoms with Gasteiger partial charge in [0.2, 0.25) is 0 Å². The number of hydrogen-bond acceptors (Lipinski definition) is 5. The molecule has 0 amide bonds. The first-order chi connectivity index (χ1) is 7.70. The number of thiophene rings is 1. The molecule has 0 aliphatic carbocycles. The number of nitrogens with two attached hydrogens (primary N) is 1. The first kappa shape index (κ1) is 11.7. The molecule has 2 heterocycles. The van der Waals surface area contributed by atoms with Gasteiger partial charge in [0, 0.05) is 11.4 Å². The van der Waals surface area contributed by atoms with Crippen LogP contribution in [-0.2, 0) is 0 Å². The van der Waals surface area contributed by atoms with Gasteiger partial charge in [-0.3, -0.25) is 0 Å². The van der Waals surface area contributed by atoms with Crippen molar-refractivity contribution in [3.63, 3.8) is 0 Å². The molecule has 0 aliphatic heterocycles. The van der Waals surface area contributed by atoms with Crippen molar-refractivity contribution in [3.05, 3.63) is 33.8 Å². The molecule has 2 N–H and O–H groups in total. The van der Waals surface area contributed by atoms with E-state index in [0.29, 0.717) is 11.8 Å². The van der Waals surface area contributed by atoms with E-state index in [1.54, 1.807) is 29.4 Å². The summed E-state index contributed by atoms with van der Waals surface area (Å²) in [6, 6.07) is 2.12. The Morgan fingerprint density at radius 2 is 2.38 bits per heavy atom. The zero-order chi connectivity index (χ0) is 11.5. The lowest BCUT2D eigenvalue weighted by molar-refractivity contribution is 0.453. The summed E-state index contributed by atoms with van der Waals surface area (Å²) in [6.07, 6.45) is 1.66. The Labute approximate surface area is 103 Å². The quantitative estimate of drug-likeness (QED) is 0.852. The van der Waals surface area contributed by atoms with E-state index in [4.69, 9.17) is 10.2 Å². The zero-order valence-electron chi connectivity index (χ0n) is 9.27. The molecule has 86 valence electrons. The molecule has 16 heavy (non-hydrogen) atoms. The summed E-state index contributed by atoms with van der Waals surface area (Å²) in [7, 11) is 0. The van der Waals surface area contributed by atoms with Crippen LogP contribution in [0.4, 0.5) is 0 Å². The van der Waals surface area contributed by atoms with Gasteiger partial charge in [0.1, 0.15) is 6.26 Å². The van der Waals surface area contributed by atoms with Gasteiger partial charge >= 0.3 is 0 Å². The number of thioether (sulfide) groups is 1. The van der Waals surface area contributed by atoms with Gasteiger partial charge in [-0.05, 0) is 30.9 Å². The Morgan fingerprint density at radius 3 is 2.88 bits per heavy atom. The van der Waals surface area contributed by atoms with Gasteiger partial charge in [0.25, 0.3) is 5.22 Å². The second kappa shape index (κ2) is 5.03. The average molecular weight is 254 g/mol. The van der Waals surface area contributed by atoms with Crippen molar-refractivity contribution in [2.45, 2.75) is 24.3 Å². The molecule has 0 radical (unpaired) electrons. The third kappa shape index (κ3) is 2.48. The second-order valence-electron chi connectivity index (χ2n) is 3.56. The van der Waals surface area contributed by atoms with Gasteiger partial charge in [0.15, 0.2) is 0 Å². The fourth-order valence-electron chi connectivity index (χ4n) is 1.43. The van der Waals surface area contributed by atoms with Crippen molar-refractivity contribution >= 4 is 23.1 Å². The molecule has 3 nitrogen and oxygen atoms in total. The number of rotatable bonds is 4. The van der Waals surface area contributed by atoms with E-state index in [-0.39, 0.29) is 5.25 Å². The van der Waals surface area contributed by atoms with Crippen LogP contribution in [-0.4, -0.2) is 11.5 Å². The third-order valence-corrected chi connectivity index (χ3v) is 4.63. The number of oxazole rings is 1. The molecular formula is C11H14N2OS2. The SMILES string of the molecule is Cc1coc(SC(CN)c2sccc2C)n1.